The molecule has 0 aliphatic rings. The monoisotopic (exact) mass is 318 g/mol. The minimum absolute atomic E-state index is 0.0912. The molecule has 3 rings (SSSR count). The second kappa shape index (κ2) is 6.96. The SMILES string of the molecule is Cc1ccccc1C(=O)c1c[nH]c(C(=O)NCc2ccccc2)c1. The van der Waals surface area contributed by atoms with Gasteiger partial charge in [-0.2, -0.15) is 0 Å². The number of aryl methyl sites for hydroxylation is 1. The summed E-state index contributed by atoms with van der Waals surface area (Å²) in [6, 6.07) is 18.7. The summed E-state index contributed by atoms with van der Waals surface area (Å²) in [7, 11) is 0. The Hall–Kier alpha value is -3.14. The van der Waals surface area contributed by atoms with Gasteiger partial charge in [-0.1, -0.05) is 54.6 Å². The maximum atomic E-state index is 12.5. The van der Waals surface area contributed by atoms with Crippen molar-refractivity contribution in [1.29, 1.82) is 0 Å². The largest absolute Gasteiger partial charge is 0.356 e. The average molecular weight is 318 g/mol. The molecular formula is C20H18N2O2. The highest BCUT2D eigenvalue weighted by atomic mass is 16.2. The molecule has 0 aliphatic carbocycles. The van der Waals surface area contributed by atoms with Gasteiger partial charge < -0.3 is 10.3 Å². The third-order valence-electron chi connectivity index (χ3n) is 3.88. The first-order valence-electron chi connectivity index (χ1n) is 7.76. The van der Waals surface area contributed by atoms with Gasteiger partial charge in [-0.15, -0.1) is 0 Å². The van der Waals surface area contributed by atoms with E-state index < -0.39 is 0 Å². The van der Waals surface area contributed by atoms with Crippen LogP contribution in [-0.4, -0.2) is 16.7 Å². The Morgan fingerprint density at radius 2 is 1.71 bits per heavy atom. The number of nitrogens with one attached hydrogen (secondary N) is 2. The van der Waals surface area contributed by atoms with Gasteiger partial charge in [0, 0.05) is 23.9 Å². The van der Waals surface area contributed by atoms with Crippen LogP contribution < -0.4 is 5.32 Å². The van der Waals surface area contributed by atoms with Crippen LogP contribution in [0.3, 0.4) is 0 Å². The van der Waals surface area contributed by atoms with Gasteiger partial charge in [-0.3, -0.25) is 9.59 Å². The van der Waals surface area contributed by atoms with Gasteiger partial charge in [0.1, 0.15) is 5.69 Å². The Kier molecular flexibility index (Phi) is 4.57. The van der Waals surface area contributed by atoms with Crippen molar-refractivity contribution in [3.8, 4) is 0 Å². The predicted octanol–water partition coefficient (Wildman–Crippen LogP) is 3.48. The summed E-state index contributed by atoms with van der Waals surface area (Å²) in [5, 5.41) is 2.84. The molecule has 0 radical (unpaired) electrons. The summed E-state index contributed by atoms with van der Waals surface area (Å²) < 4.78 is 0. The molecule has 1 heterocycles. The number of ketones is 1. The van der Waals surface area contributed by atoms with Crippen LogP contribution in [0, 0.1) is 6.92 Å². The van der Waals surface area contributed by atoms with E-state index in [2.05, 4.69) is 10.3 Å². The molecule has 0 aliphatic heterocycles. The highest BCUT2D eigenvalue weighted by molar-refractivity contribution is 6.11. The normalized spacial score (nSPS) is 10.4. The maximum absolute atomic E-state index is 12.5. The van der Waals surface area contributed by atoms with E-state index in [1.165, 1.54) is 0 Å². The van der Waals surface area contributed by atoms with Crippen molar-refractivity contribution in [3.63, 3.8) is 0 Å². The van der Waals surface area contributed by atoms with Crippen molar-refractivity contribution in [2.45, 2.75) is 13.5 Å². The number of H-pyrrole nitrogens is 1. The zero-order valence-electron chi connectivity index (χ0n) is 13.4. The van der Waals surface area contributed by atoms with Crippen LogP contribution in [0.1, 0.15) is 37.5 Å². The van der Waals surface area contributed by atoms with E-state index in [1.54, 1.807) is 18.3 Å². The molecule has 2 N–H and O–H groups in total. The van der Waals surface area contributed by atoms with E-state index >= 15 is 0 Å². The molecule has 1 aromatic heterocycles. The van der Waals surface area contributed by atoms with Gasteiger partial charge in [0.25, 0.3) is 5.91 Å². The Labute approximate surface area is 140 Å². The number of carbonyl (C=O) groups excluding carboxylic acids is 2. The smallest absolute Gasteiger partial charge is 0.267 e. The number of carbonyl (C=O) groups is 2. The fraction of sp³-hybridized carbons (Fsp3) is 0.100. The number of hydrogen-bond donors (Lipinski definition) is 2. The van der Waals surface area contributed by atoms with Crippen LogP contribution in [0.5, 0.6) is 0 Å². The third-order valence-corrected chi connectivity index (χ3v) is 3.88. The van der Waals surface area contributed by atoms with Crippen molar-refractivity contribution in [2.75, 3.05) is 0 Å². The van der Waals surface area contributed by atoms with Crippen LogP contribution >= 0.6 is 0 Å². The lowest BCUT2D eigenvalue weighted by Gasteiger charge is -2.03. The Bertz CT molecular complexity index is 866. The second-order valence-corrected chi connectivity index (χ2v) is 5.61. The molecular weight excluding hydrogens is 300 g/mol. The number of amides is 1. The Balaban J connectivity index is 1.70. The first kappa shape index (κ1) is 15.7. The topological polar surface area (TPSA) is 62.0 Å². The standard InChI is InChI=1S/C20H18N2O2/c1-14-7-5-6-10-17(14)19(23)16-11-18(21-13-16)20(24)22-12-15-8-3-2-4-9-15/h2-11,13,21H,12H2,1H3,(H,22,24). The molecule has 120 valence electrons. The molecule has 1 amide bonds. The molecule has 0 atom stereocenters. The molecule has 4 nitrogen and oxygen atoms in total. The molecule has 4 heteroatoms. The van der Waals surface area contributed by atoms with Crippen molar-refractivity contribution >= 4 is 11.7 Å². The third kappa shape index (κ3) is 3.43. The fourth-order valence-electron chi connectivity index (χ4n) is 2.51. The summed E-state index contributed by atoms with van der Waals surface area (Å²) >= 11 is 0. The quantitative estimate of drug-likeness (QED) is 0.707. The predicted molar refractivity (Wildman–Crippen MR) is 93.0 cm³/mol. The molecule has 0 spiro atoms. The van der Waals surface area contributed by atoms with Gasteiger partial charge >= 0.3 is 0 Å². The lowest BCUT2D eigenvalue weighted by Crippen LogP contribution is -2.23. The van der Waals surface area contributed by atoms with E-state index in [-0.39, 0.29) is 11.7 Å². The van der Waals surface area contributed by atoms with E-state index in [0.29, 0.717) is 23.4 Å². The molecule has 2 aromatic carbocycles. The van der Waals surface area contributed by atoms with Crippen molar-refractivity contribution in [3.05, 3.63) is 94.8 Å². The number of rotatable bonds is 5. The van der Waals surface area contributed by atoms with Crippen molar-refractivity contribution in [1.82, 2.24) is 10.3 Å². The van der Waals surface area contributed by atoms with Crippen LogP contribution in [0.25, 0.3) is 0 Å². The number of benzene rings is 2. The van der Waals surface area contributed by atoms with E-state index in [4.69, 9.17) is 0 Å². The molecule has 0 unspecified atom stereocenters. The average Bonchev–Trinajstić information content (AvgIpc) is 3.10. The van der Waals surface area contributed by atoms with E-state index in [0.717, 1.165) is 11.1 Å². The first-order chi connectivity index (χ1) is 11.6. The highest BCUT2D eigenvalue weighted by Gasteiger charge is 2.15. The minimum Gasteiger partial charge on any atom is -0.356 e. The minimum atomic E-state index is -0.234. The molecule has 0 fully saturated rings. The molecule has 0 saturated carbocycles. The lowest BCUT2D eigenvalue weighted by molar-refractivity contribution is 0.0946. The highest BCUT2D eigenvalue weighted by Crippen LogP contribution is 2.15. The van der Waals surface area contributed by atoms with Crippen molar-refractivity contribution in [2.24, 2.45) is 0 Å². The Morgan fingerprint density at radius 1 is 1.00 bits per heavy atom. The summed E-state index contributed by atoms with van der Waals surface area (Å²) in [5.74, 6) is -0.325. The van der Waals surface area contributed by atoms with Crippen LogP contribution in [0.15, 0.2) is 66.9 Å². The maximum Gasteiger partial charge on any atom is 0.267 e. The van der Waals surface area contributed by atoms with Gasteiger partial charge in [0.15, 0.2) is 5.78 Å². The Morgan fingerprint density at radius 3 is 2.46 bits per heavy atom. The van der Waals surface area contributed by atoms with Crippen LogP contribution in [0.4, 0.5) is 0 Å². The molecule has 3 aromatic rings. The summed E-state index contributed by atoms with van der Waals surface area (Å²) in [6.45, 7) is 2.34. The molecule has 0 bridgehead atoms. The van der Waals surface area contributed by atoms with Gasteiger partial charge in [-0.25, -0.2) is 0 Å². The first-order valence-corrected chi connectivity index (χ1v) is 7.76. The summed E-state index contributed by atoms with van der Waals surface area (Å²) in [5.41, 5.74) is 3.44. The van der Waals surface area contributed by atoms with Gasteiger partial charge in [-0.05, 0) is 24.1 Å². The van der Waals surface area contributed by atoms with Gasteiger partial charge in [0.2, 0.25) is 0 Å². The second-order valence-electron chi connectivity index (χ2n) is 5.61. The summed E-state index contributed by atoms with van der Waals surface area (Å²) in [4.78, 5) is 27.6. The van der Waals surface area contributed by atoms with Crippen molar-refractivity contribution < 1.29 is 9.59 Å². The lowest BCUT2D eigenvalue weighted by atomic mass is 10.0. The zero-order chi connectivity index (χ0) is 16.9. The van der Waals surface area contributed by atoms with E-state index in [9.17, 15) is 9.59 Å². The number of hydrogen-bond acceptors (Lipinski definition) is 2. The fourth-order valence-corrected chi connectivity index (χ4v) is 2.51. The van der Waals surface area contributed by atoms with Crippen LogP contribution in [-0.2, 0) is 6.54 Å². The summed E-state index contributed by atoms with van der Waals surface area (Å²) in [6.07, 6.45) is 1.58. The molecule has 24 heavy (non-hydrogen) atoms. The van der Waals surface area contributed by atoms with Crippen LogP contribution in [0.2, 0.25) is 0 Å². The van der Waals surface area contributed by atoms with E-state index in [1.807, 2.05) is 55.5 Å². The number of aromatic amines is 1. The number of aromatic nitrogens is 1. The van der Waals surface area contributed by atoms with Gasteiger partial charge in [0.05, 0.1) is 0 Å². The zero-order valence-corrected chi connectivity index (χ0v) is 13.4. The molecule has 0 saturated heterocycles.